The molecule has 112 valence electrons. The maximum Gasteiger partial charge on any atom is 0.239 e. The van der Waals surface area contributed by atoms with Gasteiger partial charge >= 0.3 is 0 Å². The van der Waals surface area contributed by atoms with Crippen molar-refractivity contribution in [1.29, 1.82) is 0 Å². The summed E-state index contributed by atoms with van der Waals surface area (Å²) >= 11 is 5.90. The van der Waals surface area contributed by atoms with Gasteiger partial charge in [0.2, 0.25) is 5.91 Å². The second-order valence-corrected chi connectivity index (χ2v) is 7.37. The summed E-state index contributed by atoms with van der Waals surface area (Å²) in [6.45, 7) is 3.75. The zero-order chi connectivity index (χ0) is 15.3. The van der Waals surface area contributed by atoms with Crippen molar-refractivity contribution >= 4 is 38.7 Å². The Balaban J connectivity index is 2.70. The highest BCUT2D eigenvalue weighted by Crippen LogP contribution is 2.24. The number of amides is 1. The molecule has 0 aliphatic carbocycles. The maximum absolute atomic E-state index is 11.8. The Bertz CT molecular complexity index is 587. The van der Waals surface area contributed by atoms with Gasteiger partial charge in [-0.1, -0.05) is 31.9 Å². The van der Waals surface area contributed by atoms with Gasteiger partial charge in [-0.3, -0.25) is 4.79 Å². The molecule has 5 nitrogen and oxygen atoms in total. The minimum Gasteiger partial charge on any atom is -0.399 e. The van der Waals surface area contributed by atoms with Crippen LogP contribution in [0.3, 0.4) is 0 Å². The van der Waals surface area contributed by atoms with Gasteiger partial charge in [0.1, 0.15) is 5.75 Å². The monoisotopic (exact) mass is 318 g/mol. The highest BCUT2D eigenvalue weighted by atomic mass is 35.5. The molecule has 0 heterocycles. The summed E-state index contributed by atoms with van der Waals surface area (Å²) in [4.78, 5) is 11.8. The van der Waals surface area contributed by atoms with Crippen molar-refractivity contribution in [3.05, 3.63) is 23.2 Å². The molecule has 20 heavy (non-hydrogen) atoms. The Hall–Kier alpha value is -1.27. The lowest BCUT2D eigenvalue weighted by Gasteiger charge is -2.11. The molecule has 0 aromatic heterocycles. The minimum atomic E-state index is -3.42. The number of carbonyl (C=O) groups excluding carboxylic acids is 1. The van der Waals surface area contributed by atoms with Gasteiger partial charge in [-0.25, -0.2) is 8.42 Å². The average molecular weight is 319 g/mol. The number of nitrogens with one attached hydrogen (secondary N) is 1. The Morgan fingerprint density at radius 2 is 2.10 bits per heavy atom. The maximum atomic E-state index is 11.8. The molecule has 0 radical (unpaired) electrons. The van der Waals surface area contributed by atoms with Crippen LogP contribution in [0.1, 0.15) is 20.3 Å². The third-order valence-electron chi connectivity index (χ3n) is 2.85. The number of sulfone groups is 1. The molecule has 0 bridgehead atoms. The molecule has 0 saturated carbocycles. The molecular weight excluding hydrogens is 300 g/mol. The van der Waals surface area contributed by atoms with Crippen molar-refractivity contribution < 1.29 is 13.2 Å². The highest BCUT2D eigenvalue weighted by Gasteiger charge is 2.19. The van der Waals surface area contributed by atoms with Gasteiger partial charge in [-0.15, -0.1) is 0 Å². The first-order valence-electron chi connectivity index (χ1n) is 6.29. The van der Waals surface area contributed by atoms with Gasteiger partial charge in [0, 0.05) is 5.69 Å². The summed E-state index contributed by atoms with van der Waals surface area (Å²) in [5.41, 5.74) is 6.34. The molecule has 1 rings (SSSR count). The molecule has 0 fully saturated rings. The van der Waals surface area contributed by atoms with Gasteiger partial charge in [-0.05, 0) is 24.1 Å². The van der Waals surface area contributed by atoms with E-state index in [1.54, 1.807) is 12.1 Å². The van der Waals surface area contributed by atoms with E-state index in [0.717, 1.165) is 6.42 Å². The van der Waals surface area contributed by atoms with Crippen LogP contribution >= 0.6 is 11.6 Å². The molecule has 1 unspecified atom stereocenters. The summed E-state index contributed by atoms with van der Waals surface area (Å²) in [7, 11) is -3.42. The Morgan fingerprint density at radius 1 is 1.45 bits per heavy atom. The molecule has 7 heteroatoms. The van der Waals surface area contributed by atoms with Crippen LogP contribution in [0.5, 0.6) is 0 Å². The lowest BCUT2D eigenvalue weighted by atomic mass is 10.2. The van der Waals surface area contributed by atoms with E-state index in [4.69, 9.17) is 17.3 Å². The highest BCUT2D eigenvalue weighted by molar-refractivity contribution is 7.92. The van der Waals surface area contributed by atoms with Gasteiger partial charge < -0.3 is 11.1 Å². The van der Waals surface area contributed by atoms with Crippen LogP contribution in [0, 0.1) is 5.92 Å². The van der Waals surface area contributed by atoms with Crippen LogP contribution in [-0.2, 0) is 14.6 Å². The van der Waals surface area contributed by atoms with Crippen molar-refractivity contribution in [3.63, 3.8) is 0 Å². The predicted octanol–water partition coefficient (Wildman–Crippen LogP) is 2.32. The van der Waals surface area contributed by atoms with E-state index >= 15 is 0 Å². The van der Waals surface area contributed by atoms with E-state index < -0.39 is 21.5 Å². The zero-order valence-corrected chi connectivity index (χ0v) is 13.1. The van der Waals surface area contributed by atoms with E-state index in [1.807, 2.05) is 13.8 Å². The molecule has 0 aliphatic rings. The van der Waals surface area contributed by atoms with Crippen LogP contribution in [0.2, 0.25) is 5.02 Å². The van der Waals surface area contributed by atoms with Gasteiger partial charge in [-0.2, -0.15) is 0 Å². The second-order valence-electron chi connectivity index (χ2n) is 4.86. The lowest BCUT2D eigenvalue weighted by Crippen LogP contribution is -2.26. The Morgan fingerprint density at radius 3 is 2.70 bits per heavy atom. The van der Waals surface area contributed by atoms with Gasteiger partial charge in [0.25, 0.3) is 0 Å². The number of carbonyl (C=O) groups is 1. The summed E-state index contributed by atoms with van der Waals surface area (Å²) < 4.78 is 23.7. The van der Waals surface area contributed by atoms with Gasteiger partial charge in [0.15, 0.2) is 9.84 Å². The Labute approximate surface area is 124 Å². The van der Waals surface area contributed by atoms with Crippen LogP contribution in [0.4, 0.5) is 11.4 Å². The first-order valence-corrected chi connectivity index (χ1v) is 8.48. The van der Waals surface area contributed by atoms with Crippen LogP contribution in [0.25, 0.3) is 0 Å². The molecule has 1 aromatic carbocycles. The van der Waals surface area contributed by atoms with Crippen LogP contribution < -0.4 is 11.1 Å². The van der Waals surface area contributed by atoms with E-state index in [2.05, 4.69) is 5.32 Å². The number of anilines is 2. The van der Waals surface area contributed by atoms with E-state index in [1.165, 1.54) is 6.07 Å². The van der Waals surface area contributed by atoms with Crippen molar-refractivity contribution in [1.82, 2.24) is 0 Å². The van der Waals surface area contributed by atoms with E-state index in [0.29, 0.717) is 16.4 Å². The molecule has 1 atom stereocenters. The van der Waals surface area contributed by atoms with Crippen molar-refractivity contribution in [2.75, 3.05) is 22.6 Å². The van der Waals surface area contributed by atoms with Crippen LogP contribution in [0.15, 0.2) is 18.2 Å². The van der Waals surface area contributed by atoms with E-state index in [9.17, 15) is 13.2 Å². The number of hydrogen-bond acceptors (Lipinski definition) is 4. The van der Waals surface area contributed by atoms with Crippen LogP contribution in [-0.4, -0.2) is 25.8 Å². The summed E-state index contributed by atoms with van der Waals surface area (Å²) in [6.07, 6.45) is 0.752. The average Bonchev–Trinajstić information content (AvgIpc) is 2.32. The smallest absolute Gasteiger partial charge is 0.239 e. The summed E-state index contributed by atoms with van der Waals surface area (Å²) in [5.74, 6) is -1.13. The van der Waals surface area contributed by atoms with Gasteiger partial charge in [0.05, 0.1) is 16.5 Å². The first-order chi connectivity index (χ1) is 9.23. The third-order valence-corrected chi connectivity index (χ3v) is 4.96. The molecule has 0 aliphatic heterocycles. The number of benzene rings is 1. The third kappa shape index (κ3) is 5.38. The fourth-order valence-electron chi connectivity index (χ4n) is 1.63. The van der Waals surface area contributed by atoms with Crippen molar-refractivity contribution in [2.24, 2.45) is 5.92 Å². The SMILES string of the molecule is CCC(C)CS(=O)(=O)CC(=O)Nc1cc(N)ccc1Cl. The largest absolute Gasteiger partial charge is 0.399 e. The number of hydrogen-bond donors (Lipinski definition) is 2. The first kappa shape index (κ1) is 16.8. The topological polar surface area (TPSA) is 89.3 Å². The fourth-order valence-corrected chi connectivity index (χ4v) is 3.49. The van der Waals surface area contributed by atoms with Crippen molar-refractivity contribution in [2.45, 2.75) is 20.3 Å². The molecule has 0 spiro atoms. The molecular formula is C13H19ClN2O3S. The lowest BCUT2D eigenvalue weighted by molar-refractivity contribution is -0.113. The standard InChI is InChI=1S/C13H19ClN2O3S/c1-3-9(2)7-20(18,19)8-13(17)16-12-6-10(15)4-5-11(12)14/h4-6,9H,3,7-8,15H2,1-2H3,(H,16,17). The Kier molecular flexibility index (Phi) is 5.83. The number of rotatable bonds is 6. The molecule has 1 aromatic rings. The minimum absolute atomic E-state index is 0.00157. The quantitative estimate of drug-likeness (QED) is 0.788. The summed E-state index contributed by atoms with van der Waals surface area (Å²) in [6, 6.07) is 4.62. The predicted molar refractivity (Wildman–Crippen MR) is 82.6 cm³/mol. The molecule has 1 amide bonds. The fraction of sp³-hybridized carbons (Fsp3) is 0.462. The molecule has 0 saturated heterocycles. The number of halogens is 1. The van der Waals surface area contributed by atoms with E-state index in [-0.39, 0.29) is 11.7 Å². The normalized spacial score (nSPS) is 12.9. The second kappa shape index (κ2) is 6.95. The zero-order valence-electron chi connectivity index (χ0n) is 11.5. The summed E-state index contributed by atoms with van der Waals surface area (Å²) in [5, 5.41) is 2.78. The number of nitrogen functional groups attached to an aromatic ring is 1. The number of nitrogens with two attached hydrogens (primary N) is 1. The van der Waals surface area contributed by atoms with Crippen molar-refractivity contribution in [3.8, 4) is 0 Å². The molecule has 3 N–H and O–H groups in total.